The smallest absolute Gasteiger partial charge is 0.163 e. The third kappa shape index (κ3) is 3.54. The second-order valence-electron chi connectivity index (χ2n) is 4.42. The molecule has 0 heterocycles. The molecule has 0 aliphatic rings. The van der Waals surface area contributed by atoms with Gasteiger partial charge < -0.3 is 10.4 Å². The highest BCUT2D eigenvalue weighted by atomic mass is 19.2. The molecule has 90 valence electrons. The minimum atomic E-state index is -0.834. The first-order valence-electron chi connectivity index (χ1n) is 5.25. The molecule has 1 aromatic carbocycles. The topological polar surface area (TPSA) is 32.3 Å². The standard InChI is InChI=1S/C12H17F2NO/c1-12(2,6-7-16)15-8-9-4-3-5-10(13)11(9)14/h3-5,15-16H,6-8H2,1-2H3. The number of hydrogen-bond donors (Lipinski definition) is 2. The van der Waals surface area contributed by atoms with Crippen molar-refractivity contribution in [1.82, 2.24) is 5.32 Å². The van der Waals surface area contributed by atoms with E-state index in [0.717, 1.165) is 6.07 Å². The molecule has 0 spiro atoms. The molecule has 0 aliphatic heterocycles. The Balaban J connectivity index is 2.64. The van der Waals surface area contributed by atoms with Crippen molar-refractivity contribution in [3.05, 3.63) is 35.4 Å². The summed E-state index contributed by atoms with van der Waals surface area (Å²) in [4.78, 5) is 0. The third-order valence-corrected chi connectivity index (χ3v) is 2.53. The highest BCUT2D eigenvalue weighted by molar-refractivity contribution is 5.18. The minimum Gasteiger partial charge on any atom is -0.396 e. The Morgan fingerprint density at radius 2 is 2.00 bits per heavy atom. The fourth-order valence-corrected chi connectivity index (χ4v) is 1.39. The molecule has 4 heteroatoms. The molecular weight excluding hydrogens is 212 g/mol. The lowest BCUT2D eigenvalue weighted by atomic mass is 10.0. The fourth-order valence-electron chi connectivity index (χ4n) is 1.39. The van der Waals surface area contributed by atoms with E-state index < -0.39 is 11.6 Å². The molecular formula is C12H17F2NO. The summed E-state index contributed by atoms with van der Waals surface area (Å²) in [6.07, 6.45) is 0.559. The maximum Gasteiger partial charge on any atom is 0.163 e. The maximum atomic E-state index is 13.3. The quantitative estimate of drug-likeness (QED) is 0.811. The van der Waals surface area contributed by atoms with Gasteiger partial charge in [0.25, 0.3) is 0 Å². The number of benzene rings is 1. The molecule has 0 atom stereocenters. The van der Waals surface area contributed by atoms with E-state index in [2.05, 4.69) is 5.32 Å². The highest BCUT2D eigenvalue weighted by Gasteiger charge is 2.17. The zero-order valence-corrected chi connectivity index (χ0v) is 9.56. The summed E-state index contributed by atoms with van der Waals surface area (Å²) in [5.74, 6) is -1.64. The van der Waals surface area contributed by atoms with Crippen LogP contribution in [0.1, 0.15) is 25.8 Å². The zero-order valence-electron chi connectivity index (χ0n) is 9.56. The molecule has 0 saturated heterocycles. The van der Waals surface area contributed by atoms with E-state index in [1.807, 2.05) is 13.8 Å². The minimum absolute atomic E-state index is 0.0611. The number of rotatable bonds is 5. The van der Waals surface area contributed by atoms with Crippen LogP contribution in [0.25, 0.3) is 0 Å². The Morgan fingerprint density at radius 1 is 1.31 bits per heavy atom. The first kappa shape index (κ1) is 13.1. The highest BCUT2D eigenvalue weighted by Crippen LogP contribution is 2.14. The number of hydrogen-bond acceptors (Lipinski definition) is 2. The monoisotopic (exact) mass is 229 g/mol. The molecule has 16 heavy (non-hydrogen) atoms. The van der Waals surface area contributed by atoms with E-state index in [4.69, 9.17) is 5.11 Å². The molecule has 0 bridgehead atoms. The molecule has 0 aromatic heterocycles. The number of nitrogens with one attached hydrogen (secondary N) is 1. The van der Waals surface area contributed by atoms with Crippen LogP contribution in [0.4, 0.5) is 8.78 Å². The predicted molar refractivity (Wildman–Crippen MR) is 59.0 cm³/mol. The predicted octanol–water partition coefficient (Wildman–Crippen LogP) is 2.22. The Hall–Kier alpha value is -1.00. The zero-order chi connectivity index (χ0) is 12.2. The summed E-state index contributed by atoms with van der Waals surface area (Å²) in [6.45, 7) is 4.11. The average molecular weight is 229 g/mol. The summed E-state index contributed by atoms with van der Waals surface area (Å²) in [6, 6.07) is 4.12. The molecule has 2 N–H and O–H groups in total. The average Bonchev–Trinajstić information content (AvgIpc) is 2.20. The van der Waals surface area contributed by atoms with E-state index in [1.54, 1.807) is 6.07 Å². The molecule has 2 nitrogen and oxygen atoms in total. The van der Waals surface area contributed by atoms with Crippen molar-refractivity contribution in [1.29, 1.82) is 0 Å². The van der Waals surface area contributed by atoms with Crippen molar-refractivity contribution in [3.8, 4) is 0 Å². The van der Waals surface area contributed by atoms with Crippen molar-refractivity contribution < 1.29 is 13.9 Å². The van der Waals surface area contributed by atoms with E-state index in [-0.39, 0.29) is 18.7 Å². The molecule has 1 rings (SSSR count). The van der Waals surface area contributed by atoms with E-state index in [9.17, 15) is 8.78 Å². The van der Waals surface area contributed by atoms with Gasteiger partial charge in [-0.1, -0.05) is 12.1 Å². The summed E-state index contributed by atoms with van der Waals surface area (Å²) in [7, 11) is 0. The summed E-state index contributed by atoms with van der Waals surface area (Å²) >= 11 is 0. The number of aliphatic hydroxyl groups is 1. The Labute approximate surface area is 94.3 Å². The van der Waals surface area contributed by atoms with Crippen LogP contribution in [-0.2, 0) is 6.54 Å². The van der Waals surface area contributed by atoms with Gasteiger partial charge >= 0.3 is 0 Å². The second-order valence-corrected chi connectivity index (χ2v) is 4.42. The summed E-state index contributed by atoms with van der Waals surface area (Å²) in [5, 5.41) is 11.9. The molecule has 0 fully saturated rings. The number of halogens is 2. The first-order valence-corrected chi connectivity index (χ1v) is 5.25. The Kier molecular flexibility index (Phi) is 4.38. The largest absolute Gasteiger partial charge is 0.396 e. The Morgan fingerprint density at radius 3 is 2.62 bits per heavy atom. The fraction of sp³-hybridized carbons (Fsp3) is 0.500. The van der Waals surface area contributed by atoms with Crippen molar-refractivity contribution >= 4 is 0 Å². The van der Waals surface area contributed by atoms with Gasteiger partial charge in [0.15, 0.2) is 11.6 Å². The van der Waals surface area contributed by atoms with Crippen molar-refractivity contribution in [2.75, 3.05) is 6.61 Å². The molecule has 0 aliphatic carbocycles. The van der Waals surface area contributed by atoms with Crippen LogP contribution in [0, 0.1) is 11.6 Å². The normalized spacial score (nSPS) is 11.8. The van der Waals surface area contributed by atoms with E-state index in [1.165, 1.54) is 6.07 Å². The first-order chi connectivity index (χ1) is 7.46. The Bertz CT molecular complexity index is 353. The van der Waals surface area contributed by atoms with Gasteiger partial charge in [0.05, 0.1) is 0 Å². The van der Waals surface area contributed by atoms with E-state index >= 15 is 0 Å². The van der Waals surface area contributed by atoms with Gasteiger partial charge in [-0.25, -0.2) is 8.78 Å². The lowest BCUT2D eigenvalue weighted by Gasteiger charge is -2.25. The van der Waals surface area contributed by atoms with Crippen molar-refractivity contribution in [3.63, 3.8) is 0 Å². The maximum absolute atomic E-state index is 13.3. The van der Waals surface area contributed by atoms with Gasteiger partial charge in [0, 0.05) is 24.3 Å². The van der Waals surface area contributed by atoms with Gasteiger partial charge in [-0.2, -0.15) is 0 Å². The van der Waals surface area contributed by atoms with Gasteiger partial charge in [-0.15, -0.1) is 0 Å². The second kappa shape index (κ2) is 5.37. The summed E-state index contributed by atoms with van der Waals surface area (Å²) in [5.41, 5.74) is -0.000872. The lowest BCUT2D eigenvalue weighted by molar-refractivity contribution is 0.229. The molecule has 0 radical (unpaired) electrons. The van der Waals surface area contributed by atoms with E-state index in [0.29, 0.717) is 12.0 Å². The van der Waals surface area contributed by atoms with Crippen LogP contribution in [0.5, 0.6) is 0 Å². The van der Waals surface area contributed by atoms with Crippen LogP contribution in [0.2, 0.25) is 0 Å². The summed E-state index contributed by atoms with van der Waals surface area (Å²) < 4.78 is 26.2. The lowest BCUT2D eigenvalue weighted by Crippen LogP contribution is -2.39. The van der Waals surface area contributed by atoms with Gasteiger partial charge in [-0.3, -0.25) is 0 Å². The van der Waals surface area contributed by atoms with Crippen molar-refractivity contribution in [2.24, 2.45) is 0 Å². The van der Waals surface area contributed by atoms with Crippen LogP contribution in [-0.4, -0.2) is 17.3 Å². The third-order valence-electron chi connectivity index (χ3n) is 2.53. The number of aliphatic hydroxyl groups excluding tert-OH is 1. The molecule has 0 unspecified atom stereocenters. The van der Waals surface area contributed by atoms with Gasteiger partial charge in [0.2, 0.25) is 0 Å². The van der Waals surface area contributed by atoms with Crippen LogP contribution < -0.4 is 5.32 Å². The SMILES string of the molecule is CC(C)(CCO)NCc1cccc(F)c1F. The molecule has 0 amide bonds. The molecule has 1 aromatic rings. The van der Waals surface area contributed by atoms with Crippen LogP contribution >= 0.6 is 0 Å². The van der Waals surface area contributed by atoms with Gasteiger partial charge in [-0.05, 0) is 26.3 Å². The van der Waals surface area contributed by atoms with Gasteiger partial charge in [0.1, 0.15) is 0 Å². The van der Waals surface area contributed by atoms with Crippen molar-refractivity contribution in [2.45, 2.75) is 32.4 Å². The van der Waals surface area contributed by atoms with Crippen LogP contribution in [0.15, 0.2) is 18.2 Å². The van der Waals surface area contributed by atoms with Crippen LogP contribution in [0.3, 0.4) is 0 Å². The molecule has 0 saturated carbocycles.